The van der Waals surface area contributed by atoms with Crippen molar-refractivity contribution in [3.8, 4) is 0 Å². The third-order valence-corrected chi connectivity index (χ3v) is 6.67. The lowest BCUT2D eigenvalue weighted by atomic mass is 10.2. The zero-order chi connectivity index (χ0) is 17.2. The van der Waals surface area contributed by atoms with Crippen LogP contribution in [0.2, 0.25) is 0 Å². The highest BCUT2D eigenvalue weighted by atomic mass is 32.2. The molecule has 25 heavy (non-hydrogen) atoms. The van der Waals surface area contributed by atoms with Crippen LogP contribution in [0.15, 0.2) is 52.9 Å². The first-order valence-electron chi connectivity index (χ1n) is 8.43. The maximum atomic E-state index is 6.23. The lowest BCUT2D eigenvalue weighted by Gasteiger charge is -2.14. The van der Waals surface area contributed by atoms with Crippen molar-refractivity contribution in [1.82, 2.24) is 4.98 Å². The van der Waals surface area contributed by atoms with Gasteiger partial charge in [-0.25, -0.2) is 4.98 Å². The van der Waals surface area contributed by atoms with Gasteiger partial charge in [0.25, 0.3) is 0 Å². The number of thioether (sulfide) groups is 1. The van der Waals surface area contributed by atoms with Crippen molar-refractivity contribution in [2.24, 2.45) is 0 Å². The number of fused-ring (bicyclic) bond motifs is 1. The number of thiazole rings is 1. The van der Waals surface area contributed by atoms with Crippen LogP contribution >= 0.6 is 23.1 Å². The van der Waals surface area contributed by atoms with Gasteiger partial charge in [-0.05, 0) is 36.4 Å². The van der Waals surface area contributed by atoms with E-state index >= 15 is 0 Å². The molecule has 3 aromatic rings. The summed E-state index contributed by atoms with van der Waals surface area (Å²) in [6.45, 7) is 0.998. The number of nitrogens with two attached hydrogens (primary N) is 1. The van der Waals surface area contributed by atoms with Crippen LogP contribution < -0.4 is 10.2 Å². The van der Waals surface area contributed by atoms with Crippen LogP contribution in [0.5, 0.6) is 0 Å². The molecule has 0 unspecified atom stereocenters. The predicted octanol–water partition coefficient (Wildman–Crippen LogP) is 3.12. The quantitative estimate of drug-likeness (QED) is 0.699. The Bertz CT molecular complexity index is 814. The molecule has 2 N–H and O–H groups in total. The number of anilines is 1. The Labute approximate surface area is 156 Å². The lowest BCUT2D eigenvalue weighted by Crippen LogP contribution is -2.82. The number of quaternary nitrogens is 1. The highest BCUT2D eigenvalue weighted by molar-refractivity contribution is 8.01. The third kappa shape index (κ3) is 3.82. The fourth-order valence-corrected chi connectivity index (χ4v) is 5.07. The molecule has 1 aliphatic rings. The molecule has 0 aliphatic carbocycles. The van der Waals surface area contributed by atoms with Gasteiger partial charge in [-0.2, -0.15) is 0 Å². The summed E-state index contributed by atoms with van der Waals surface area (Å²) >= 11 is 3.57. The molecule has 0 spiro atoms. The van der Waals surface area contributed by atoms with Crippen LogP contribution in [0, 0.1) is 0 Å². The molecule has 0 bridgehead atoms. The van der Waals surface area contributed by atoms with Crippen molar-refractivity contribution in [3.63, 3.8) is 0 Å². The van der Waals surface area contributed by atoms with Crippen molar-refractivity contribution in [1.29, 1.82) is 0 Å². The van der Waals surface area contributed by atoms with Gasteiger partial charge in [-0.3, -0.25) is 0 Å². The van der Waals surface area contributed by atoms with E-state index in [1.807, 2.05) is 6.07 Å². The summed E-state index contributed by atoms with van der Waals surface area (Å²) in [5, 5.41) is 2.29. The van der Waals surface area contributed by atoms with Gasteiger partial charge in [0.15, 0.2) is 4.34 Å². The number of benzene rings is 2. The number of ether oxygens (including phenoxy) is 1. The van der Waals surface area contributed by atoms with Crippen LogP contribution in [0.4, 0.5) is 5.69 Å². The lowest BCUT2D eigenvalue weighted by molar-refractivity contribution is -0.697. The van der Waals surface area contributed by atoms with Gasteiger partial charge in [-0.1, -0.05) is 23.9 Å². The number of para-hydroxylation sites is 1. The number of hydrogen-bond donors (Lipinski definition) is 1. The summed E-state index contributed by atoms with van der Waals surface area (Å²) < 4.78 is 8.61. The summed E-state index contributed by atoms with van der Waals surface area (Å²) in [5.74, 6) is 0.947. The summed E-state index contributed by atoms with van der Waals surface area (Å²) in [7, 11) is 4.12. The van der Waals surface area contributed by atoms with E-state index in [-0.39, 0.29) is 12.3 Å². The first kappa shape index (κ1) is 16.8. The Hall–Kier alpha value is -1.60. The van der Waals surface area contributed by atoms with Gasteiger partial charge in [0, 0.05) is 31.1 Å². The highest BCUT2D eigenvalue weighted by Gasteiger charge is 2.30. The average molecular weight is 373 g/mol. The van der Waals surface area contributed by atoms with Gasteiger partial charge >= 0.3 is 0 Å². The van der Waals surface area contributed by atoms with Crippen molar-refractivity contribution in [3.05, 3.63) is 54.1 Å². The van der Waals surface area contributed by atoms with Gasteiger partial charge < -0.3 is 15.0 Å². The van der Waals surface area contributed by atoms with E-state index < -0.39 is 0 Å². The van der Waals surface area contributed by atoms with E-state index in [1.54, 1.807) is 23.1 Å². The Morgan fingerprint density at radius 3 is 2.76 bits per heavy atom. The molecular formula is C19H22N3OS2+. The van der Waals surface area contributed by atoms with Crippen LogP contribution in [0.25, 0.3) is 10.2 Å². The fraction of sp³-hybridized carbons (Fsp3) is 0.316. The molecule has 4 nitrogen and oxygen atoms in total. The minimum Gasteiger partial charge on any atom is -0.378 e. The van der Waals surface area contributed by atoms with Crippen molar-refractivity contribution >= 4 is 39.0 Å². The molecule has 1 fully saturated rings. The average Bonchev–Trinajstić information content (AvgIpc) is 3.26. The summed E-state index contributed by atoms with van der Waals surface area (Å²) in [4.78, 5) is 6.80. The third-order valence-electron chi connectivity index (χ3n) is 4.36. The van der Waals surface area contributed by atoms with Crippen LogP contribution in [0.3, 0.4) is 0 Å². The zero-order valence-corrected chi connectivity index (χ0v) is 16.0. The predicted molar refractivity (Wildman–Crippen MR) is 106 cm³/mol. The number of rotatable bonds is 5. The van der Waals surface area contributed by atoms with Gasteiger partial charge in [0.05, 0.1) is 10.2 Å². The topological polar surface area (TPSA) is 42.0 Å². The van der Waals surface area contributed by atoms with Gasteiger partial charge in [-0.15, -0.1) is 11.3 Å². The van der Waals surface area contributed by atoms with Crippen LogP contribution in [-0.2, 0) is 4.74 Å². The van der Waals surface area contributed by atoms with E-state index in [2.05, 4.69) is 71.8 Å². The standard InChI is InChI=1S/C19H21N3OS2/c1-22(2)14-9-7-13(8-10-14)18-20-11-15(23-18)12-24-19-21-16-5-3-4-6-17(16)25-19/h3-10,15,18,20H,11-12H2,1-2H3/p+1/t15-,18+/m1/s1. The Balaban J connectivity index is 1.34. The molecule has 0 saturated carbocycles. The van der Waals surface area contributed by atoms with Crippen molar-refractivity contribution < 1.29 is 10.1 Å². The highest BCUT2D eigenvalue weighted by Crippen LogP contribution is 2.30. The minimum absolute atomic E-state index is 0.108. The molecule has 2 heterocycles. The first-order chi connectivity index (χ1) is 12.2. The Kier molecular flexibility index (Phi) is 4.94. The zero-order valence-electron chi connectivity index (χ0n) is 14.4. The first-order valence-corrected chi connectivity index (χ1v) is 10.2. The molecule has 2 atom stereocenters. The molecule has 6 heteroatoms. The van der Waals surface area contributed by atoms with E-state index in [4.69, 9.17) is 4.74 Å². The largest absolute Gasteiger partial charge is 0.378 e. The van der Waals surface area contributed by atoms with E-state index in [1.165, 1.54) is 16.0 Å². The second kappa shape index (κ2) is 7.33. The van der Waals surface area contributed by atoms with E-state index in [9.17, 15) is 0 Å². The molecular weight excluding hydrogens is 350 g/mol. The van der Waals surface area contributed by atoms with Crippen molar-refractivity contribution in [2.45, 2.75) is 16.7 Å². The maximum absolute atomic E-state index is 6.23. The summed E-state index contributed by atoms with van der Waals surface area (Å²) in [5.41, 5.74) is 3.54. The molecule has 0 radical (unpaired) electrons. The molecule has 1 aliphatic heterocycles. The van der Waals surface area contributed by atoms with Crippen molar-refractivity contribution in [2.75, 3.05) is 31.3 Å². The van der Waals surface area contributed by atoms with Gasteiger partial charge in [0.1, 0.15) is 12.6 Å². The molecule has 130 valence electrons. The smallest absolute Gasteiger partial charge is 0.217 e. The van der Waals surface area contributed by atoms with Crippen LogP contribution in [0.1, 0.15) is 11.8 Å². The monoisotopic (exact) mass is 372 g/mol. The fourth-order valence-electron chi connectivity index (χ4n) is 2.95. The second-order valence-electron chi connectivity index (χ2n) is 6.39. The van der Waals surface area contributed by atoms with Crippen LogP contribution in [-0.4, -0.2) is 37.5 Å². The normalized spacial score (nSPS) is 20.2. The number of aromatic nitrogens is 1. The Morgan fingerprint density at radius 1 is 1.20 bits per heavy atom. The maximum Gasteiger partial charge on any atom is 0.217 e. The minimum atomic E-state index is 0.108. The number of nitrogens with zero attached hydrogens (tertiary/aromatic N) is 2. The SMILES string of the molecule is CN(C)c1ccc([C@H]2[NH2+]C[C@H](CSc3nc4ccccc4s3)O2)cc1. The molecule has 1 aromatic heterocycles. The molecule has 2 aromatic carbocycles. The second-order valence-corrected chi connectivity index (χ2v) is 8.69. The molecule has 4 rings (SSSR count). The number of hydrogen-bond acceptors (Lipinski definition) is 5. The van der Waals surface area contributed by atoms with E-state index in [0.29, 0.717) is 0 Å². The van der Waals surface area contributed by atoms with Gasteiger partial charge in [0.2, 0.25) is 6.23 Å². The summed E-state index contributed by atoms with van der Waals surface area (Å²) in [6, 6.07) is 16.9. The molecule has 0 amide bonds. The summed E-state index contributed by atoms with van der Waals surface area (Å²) in [6.07, 6.45) is 0.368. The molecule has 1 saturated heterocycles. The Morgan fingerprint density at radius 2 is 2.00 bits per heavy atom. The van der Waals surface area contributed by atoms with E-state index in [0.717, 1.165) is 22.2 Å².